The summed E-state index contributed by atoms with van der Waals surface area (Å²) in [5, 5.41) is 5.72. The minimum absolute atomic E-state index is 0.0378. The Hall–Kier alpha value is -2.24. The molecule has 6 nitrogen and oxygen atoms in total. The lowest BCUT2D eigenvalue weighted by Crippen LogP contribution is -2.43. The van der Waals surface area contributed by atoms with Gasteiger partial charge in [0.05, 0.1) is 14.2 Å². The second-order valence-corrected chi connectivity index (χ2v) is 6.92. The van der Waals surface area contributed by atoms with Crippen molar-refractivity contribution >= 4 is 11.8 Å². The van der Waals surface area contributed by atoms with Crippen molar-refractivity contribution in [3.05, 3.63) is 23.8 Å². The van der Waals surface area contributed by atoms with E-state index in [1.54, 1.807) is 14.2 Å². The number of hydrogen-bond donors (Lipinski definition) is 2. The number of rotatable bonds is 8. The molecule has 144 valence electrons. The maximum absolute atomic E-state index is 12.2. The topological polar surface area (TPSA) is 76.7 Å². The number of benzene rings is 1. The molecule has 1 aromatic rings. The summed E-state index contributed by atoms with van der Waals surface area (Å²) in [6.45, 7) is 2.41. The van der Waals surface area contributed by atoms with Crippen molar-refractivity contribution in [2.75, 3.05) is 27.3 Å². The van der Waals surface area contributed by atoms with E-state index in [4.69, 9.17) is 9.47 Å². The van der Waals surface area contributed by atoms with Crippen LogP contribution in [0.2, 0.25) is 0 Å². The first-order chi connectivity index (χ1) is 12.5. The third kappa shape index (κ3) is 5.13. The SMILES string of the molecule is COc1ccc(C2(CNC(=O)CCNC(C)=O)CCCCC2)cc1OC. The average Bonchev–Trinajstić information content (AvgIpc) is 2.66. The van der Waals surface area contributed by atoms with Gasteiger partial charge in [0.2, 0.25) is 11.8 Å². The third-order valence-corrected chi connectivity index (χ3v) is 5.16. The van der Waals surface area contributed by atoms with Crippen LogP contribution in [0.4, 0.5) is 0 Å². The second kappa shape index (κ2) is 9.46. The van der Waals surface area contributed by atoms with E-state index >= 15 is 0 Å². The van der Waals surface area contributed by atoms with E-state index < -0.39 is 0 Å². The zero-order chi connectivity index (χ0) is 19.0. The zero-order valence-corrected chi connectivity index (χ0v) is 16.0. The van der Waals surface area contributed by atoms with Gasteiger partial charge in [-0.2, -0.15) is 0 Å². The molecule has 1 fully saturated rings. The predicted molar refractivity (Wildman–Crippen MR) is 101 cm³/mol. The van der Waals surface area contributed by atoms with Crippen LogP contribution in [0, 0.1) is 0 Å². The van der Waals surface area contributed by atoms with E-state index in [2.05, 4.69) is 16.7 Å². The first-order valence-corrected chi connectivity index (χ1v) is 9.24. The summed E-state index contributed by atoms with van der Waals surface area (Å²) in [5.74, 6) is 1.27. The minimum Gasteiger partial charge on any atom is -0.493 e. The summed E-state index contributed by atoms with van der Waals surface area (Å²) in [6.07, 6.45) is 5.89. The number of nitrogens with one attached hydrogen (secondary N) is 2. The molecule has 0 radical (unpaired) electrons. The predicted octanol–water partition coefficient (Wildman–Crippen LogP) is 2.55. The Morgan fingerprint density at radius 1 is 1.04 bits per heavy atom. The number of ether oxygens (including phenoxy) is 2. The van der Waals surface area contributed by atoms with Crippen LogP contribution in [-0.4, -0.2) is 39.1 Å². The fourth-order valence-corrected chi connectivity index (χ4v) is 3.67. The average molecular weight is 362 g/mol. The van der Waals surface area contributed by atoms with Crippen LogP contribution in [0.1, 0.15) is 51.0 Å². The van der Waals surface area contributed by atoms with Crippen molar-refractivity contribution in [3.8, 4) is 11.5 Å². The lowest BCUT2D eigenvalue weighted by molar-refractivity contribution is -0.121. The van der Waals surface area contributed by atoms with E-state index in [9.17, 15) is 9.59 Å². The smallest absolute Gasteiger partial charge is 0.221 e. The molecule has 0 unspecified atom stereocenters. The van der Waals surface area contributed by atoms with Crippen molar-refractivity contribution in [3.63, 3.8) is 0 Å². The Labute approximate surface area is 155 Å². The lowest BCUT2D eigenvalue weighted by atomic mass is 9.69. The van der Waals surface area contributed by atoms with E-state index in [1.165, 1.54) is 18.9 Å². The van der Waals surface area contributed by atoms with Gasteiger partial charge in [0, 0.05) is 31.8 Å². The Balaban J connectivity index is 2.10. The molecular weight excluding hydrogens is 332 g/mol. The second-order valence-electron chi connectivity index (χ2n) is 6.92. The van der Waals surface area contributed by atoms with Gasteiger partial charge >= 0.3 is 0 Å². The van der Waals surface area contributed by atoms with Crippen LogP contribution in [0.3, 0.4) is 0 Å². The Kier molecular flexibility index (Phi) is 7.30. The molecule has 1 saturated carbocycles. The number of carbonyl (C=O) groups is 2. The van der Waals surface area contributed by atoms with Crippen LogP contribution in [0.25, 0.3) is 0 Å². The summed E-state index contributed by atoms with van der Waals surface area (Å²) in [4.78, 5) is 23.1. The molecule has 0 bridgehead atoms. The van der Waals surface area contributed by atoms with Crippen LogP contribution >= 0.6 is 0 Å². The molecular formula is C20H30N2O4. The van der Waals surface area contributed by atoms with Gasteiger partial charge in [-0.3, -0.25) is 9.59 Å². The van der Waals surface area contributed by atoms with Crippen LogP contribution in [0.5, 0.6) is 11.5 Å². The third-order valence-electron chi connectivity index (χ3n) is 5.16. The molecule has 0 atom stereocenters. The highest BCUT2D eigenvalue weighted by molar-refractivity contribution is 5.78. The highest BCUT2D eigenvalue weighted by atomic mass is 16.5. The highest BCUT2D eigenvalue weighted by Crippen LogP contribution is 2.42. The molecule has 0 aromatic heterocycles. The monoisotopic (exact) mass is 362 g/mol. The van der Waals surface area contributed by atoms with Gasteiger partial charge in [-0.05, 0) is 30.5 Å². The van der Waals surface area contributed by atoms with Gasteiger partial charge in [0.25, 0.3) is 0 Å². The molecule has 6 heteroatoms. The first kappa shape index (κ1) is 20.1. The van der Waals surface area contributed by atoms with Gasteiger partial charge in [-0.25, -0.2) is 0 Å². The Morgan fingerprint density at radius 2 is 1.73 bits per heavy atom. The van der Waals surface area contributed by atoms with Crippen LogP contribution < -0.4 is 20.1 Å². The summed E-state index contributed by atoms with van der Waals surface area (Å²) in [7, 11) is 3.27. The van der Waals surface area contributed by atoms with Gasteiger partial charge in [0.1, 0.15) is 0 Å². The maximum atomic E-state index is 12.2. The standard InChI is InChI=1S/C20H30N2O4/c1-15(23)21-12-9-19(24)22-14-20(10-5-4-6-11-20)16-7-8-17(25-2)18(13-16)26-3/h7-8,13H,4-6,9-12,14H2,1-3H3,(H,21,23)(H,22,24). The van der Waals surface area contributed by atoms with E-state index in [-0.39, 0.29) is 17.2 Å². The van der Waals surface area contributed by atoms with Crippen molar-refractivity contribution in [1.29, 1.82) is 0 Å². The molecule has 0 aliphatic heterocycles. The van der Waals surface area contributed by atoms with Gasteiger partial charge in [-0.1, -0.05) is 25.3 Å². The van der Waals surface area contributed by atoms with Gasteiger partial charge < -0.3 is 20.1 Å². The number of hydrogen-bond acceptors (Lipinski definition) is 4. The molecule has 0 spiro atoms. The maximum Gasteiger partial charge on any atom is 0.221 e. The zero-order valence-electron chi connectivity index (χ0n) is 16.0. The Bertz CT molecular complexity index is 624. The number of methoxy groups -OCH3 is 2. The summed E-state index contributed by atoms with van der Waals surface area (Å²) < 4.78 is 10.8. The van der Waals surface area contributed by atoms with Gasteiger partial charge in [-0.15, -0.1) is 0 Å². The van der Waals surface area contributed by atoms with Crippen LogP contribution in [0.15, 0.2) is 18.2 Å². The quantitative estimate of drug-likeness (QED) is 0.745. The molecule has 26 heavy (non-hydrogen) atoms. The fraction of sp³-hybridized carbons (Fsp3) is 0.600. The van der Waals surface area contributed by atoms with Crippen molar-refractivity contribution in [2.24, 2.45) is 0 Å². The molecule has 0 saturated heterocycles. The van der Waals surface area contributed by atoms with Crippen molar-refractivity contribution in [2.45, 2.75) is 50.9 Å². The van der Waals surface area contributed by atoms with Crippen molar-refractivity contribution < 1.29 is 19.1 Å². The van der Waals surface area contributed by atoms with Gasteiger partial charge in [0.15, 0.2) is 11.5 Å². The fourth-order valence-electron chi connectivity index (χ4n) is 3.67. The molecule has 2 amide bonds. The molecule has 1 aromatic carbocycles. The largest absolute Gasteiger partial charge is 0.493 e. The summed E-state index contributed by atoms with van der Waals surface area (Å²) >= 11 is 0. The molecule has 1 aliphatic rings. The van der Waals surface area contributed by atoms with E-state index in [0.29, 0.717) is 31.0 Å². The minimum atomic E-state index is -0.119. The first-order valence-electron chi connectivity index (χ1n) is 9.24. The highest BCUT2D eigenvalue weighted by Gasteiger charge is 2.34. The molecule has 2 rings (SSSR count). The Morgan fingerprint density at radius 3 is 2.35 bits per heavy atom. The molecule has 1 aliphatic carbocycles. The van der Waals surface area contributed by atoms with E-state index in [0.717, 1.165) is 25.7 Å². The normalized spacial score (nSPS) is 15.8. The molecule has 2 N–H and O–H groups in total. The molecule has 0 heterocycles. The lowest BCUT2D eigenvalue weighted by Gasteiger charge is -2.38. The number of carbonyl (C=O) groups excluding carboxylic acids is 2. The number of amides is 2. The van der Waals surface area contributed by atoms with Crippen molar-refractivity contribution in [1.82, 2.24) is 10.6 Å². The van der Waals surface area contributed by atoms with E-state index in [1.807, 2.05) is 12.1 Å². The summed E-state index contributed by atoms with van der Waals surface area (Å²) in [5.41, 5.74) is 1.10. The summed E-state index contributed by atoms with van der Waals surface area (Å²) in [6, 6.07) is 6.05. The van der Waals surface area contributed by atoms with Crippen LogP contribution in [-0.2, 0) is 15.0 Å².